The Morgan fingerprint density at radius 3 is 2.69 bits per heavy atom. The monoisotopic (exact) mass is 462 g/mol. The lowest BCUT2D eigenvalue weighted by molar-refractivity contribution is 0.0988. The molecule has 0 unspecified atom stereocenters. The number of aromatic nitrogens is 3. The second kappa shape index (κ2) is 9.51. The topological polar surface area (TPSA) is 51.0 Å². The molecule has 0 atom stereocenters. The molecule has 5 aromatic rings. The van der Waals surface area contributed by atoms with Crippen LogP contribution >= 0.6 is 23.7 Å². The molecule has 5 nitrogen and oxygen atoms in total. The Morgan fingerprint density at radius 1 is 1.06 bits per heavy atom. The molecule has 0 saturated carbocycles. The number of hydrogen-bond acceptors (Lipinski definition) is 4. The number of rotatable bonds is 6. The Balaban J connectivity index is 0.00000245. The van der Waals surface area contributed by atoms with Crippen LogP contribution in [-0.2, 0) is 6.54 Å². The number of fused-ring (bicyclic) bond motifs is 2. The average Bonchev–Trinajstić information content (AvgIpc) is 3.46. The molecule has 162 valence electrons. The first-order chi connectivity index (χ1) is 15.2. The van der Waals surface area contributed by atoms with Crippen LogP contribution in [0.2, 0.25) is 0 Å². The number of para-hydroxylation sites is 1. The number of aryl methyl sites for hydroxylation is 2. The van der Waals surface area contributed by atoms with E-state index in [0.717, 1.165) is 44.6 Å². The lowest BCUT2D eigenvalue weighted by atomic mass is 10.0. The first-order valence-corrected chi connectivity index (χ1v) is 11.1. The summed E-state index contributed by atoms with van der Waals surface area (Å²) in [5, 5.41) is 2.77. The lowest BCUT2D eigenvalue weighted by Gasteiger charge is -2.21. The summed E-state index contributed by atoms with van der Waals surface area (Å²) in [6.07, 6.45) is 6.33. The lowest BCUT2D eigenvalue weighted by Crippen LogP contribution is -2.32. The number of benzene rings is 3. The molecule has 0 aliphatic carbocycles. The van der Waals surface area contributed by atoms with Gasteiger partial charge in [0.05, 0.1) is 16.5 Å². The predicted molar refractivity (Wildman–Crippen MR) is 134 cm³/mol. The maximum atomic E-state index is 13.8. The number of nitrogens with zero attached hydrogens (tertiary/aromatic N) is 4. The van der Waals surface area contributed by atoms with Crippen LogP contribution in [0, 0.1) is 6.92 Å². The molecule has 5 rings (SSSR count). The van der Waals surface area contributed by atoms with Gasteiger partial charge in [0.25, 0.3) is 5.91 Å². The second-order valence-corrected chi connectivity index (χ2v) is 8.56. The highest BCUT2D eigenvalue weighted by molar-refractivity contribution is 7.22. The minimum atomic E-state index is -0.0147. The molecule has 0 spiro atoms. The number of imidazole rings is 1. The van der Waals surface area contributed by atoms with Crippen LogP contribution in [-0.4, -0.2) is 27.0 Å². The smallest absolute Gasteiger partial charge is 0.260 e. The fourth-order valence-corrected chi connectivity index (χ4v) is 4.93. The van der Waals surface area contributed by atoms with E-state index in [2.05, 4.69) is 24.0 Å². The number of carbonyl (C=O) groups is 1. The van der Waals surface area contributed by atoms with Crippen molar-refractivity contribution in [1.82, 2.24) is 14.5 Å². The molecule has 2 heterocycles. The van der Waals surface area contributed by atoms with E-state index in [0.29, 0.717) is 12.1 Å². The van der Waals surface area contributed by atoms with Crippen molar-refractivity contribution in [3.8, 4) is 0 Å². The van der Waals surface area contributed by atoms with Crippen molar-refractivity contribution in [1.29, 1.82) is 0 Å². The van der Waals surface area contributed by atoms with Crippen LogP contribution in [0.5, 0.6) is 0 Å². The molecular formula is C25H23ClN4OS. The molecule has 7 heteroatoms. The van der Waals surface area contributed by atoms with Crippen LogP contribution in [0.4, 0.5) is 5.13 Å². The third kappa shape index (κ3) is 4.24. The summed E-state index contributed by atoms with van der Waals surface area (Å²) in [5.74, 6) is -0.0147. The van der Waals surface area contributed by atoms with Gasteiger partial charge < -0.3 is 4.57 Å². The summed E-state index contributed by atoms with van der Waals surface area (Å²) in [6.45, 7) is 3.43. The number of amides is 1. The highest BCUT2D eigenvalue weighted by Crippen LogP contribution is 2.32. The van der Waals surface area contributed by atoms with Crippen LogP contribution in [0.1, 0.15) is 22.3 Å². The fraction of sp³-hybridized carbons (Fsp3) is 0.160. The van der Waals surface area contributed by atoms with Gasteiger partial charge in [-0.05, 0) is 41.8 Å². The quantitative estimate of drug-likeness (QED) is 0.305. The Morgan fingerprint density at radius 2 is 1.88 bits per heavy atom. The molecule has 0 N–H and O–H groups in total. The number of carbonyl (C=O) groups excluding carboxylic acids is 1. The first kappa shape index (κ1) is 22.0. The van der Waals surface area contributed by atoms with Gasteiger partial charge in [0.1, 0.15) is 0 Å². The van der Waals surface area contributed by atoms with E-state index in [1.165, 1.54) is 0 Å². The van der Waals surface area contributed by atoms with E-state index in [-0.39, 0.29) is 18.3 Å². The third-order valence-electron chi connectivity index (χ3n) is 5.46. The zero-order chi connectivity index (χ0) is 21.2. The van der Waals surface area contributed by atoms with E-state index in [1.54, 1.807) is 23.9 Å². The van der Waals surface area contributed by atoms with Gasteiger partial charge in [-0.3, -0.25) is 9.69 Å². The maximum Gasteiger partial charge on any atom is 0.260 e. The van der Waals surface area contributed by atoms with Gasteiger partial charge in [-0.25, -0.2) is 9.97 Å². The van der Waals surface area contributed by atoms with E-state index < -0.39 is 0 Å². The molecule has 0 aliphatic rings. The Hall–Kier alpha value is -3.22. The molecule has 0 bridgehead atoms. The van der Waals surface area contributed by atoms with Crippen molar-refractivity contribution in [3.63, 3.8) is 0 Å². The van der Waals surface area contributed by atoms with Gasteiger partial charge in [-0.1, -0.05) is 59.9 Å². The number of halogens is 1. The van der Waals surface area contributed by atoms with Gasteiger partial charge in [-0.2, -0.15) is 0 Å². The molecule has 3 aromatic carbocycles. The first-order valence-electron chi connectivity index (χ1n) is 10.3. The van der Waals surface area contributed by atoms with Crippen molar-refractivity contribution >= 4 is 55.8 Å². The molecule has 0 aliphatic heterocycles. The largest absolute Gasteiger partial charge is 0.337 e. The standard InChI is InChI=1S/C25H22N4OS.ClH/c1-18-7-4-12-22-23(18)27-25(31-22)29(15-6-14-28-16-13-26-17-28)24(30)21-11-5-9-19-8-2-3-10-20(19)21;/h2-5,7-13,16-17H,6,14-15H2,1H3;1H. The van der Waals surface area contributed by atoms with E-state index in [1.807, 2.05) is 64.2 Å². The van der Waals surface area contributed by atoms with Crippen molar-refractivity contribution in [3.05, 3.63) is 90.5 Å². The van der Waals surface area contributed by atoms with E-state index >= 15 is 0 Å². The molecule has 1 amide bonds. The van der Waals surface area contributed by atoms with Crippen LogP contribution in [0.25, 0.3) is 21.0 Å². The fourth-order valence-electron chi connectivity index (χ4n) is 3.86. The molecular weight excluding hydrogens is 440 g/mol. The van der Waals surface area contributed by atoms with Crippen molar-refractivity contribution < 1.29 is 4.79 Å². The summed E-state index contributed by atoms with van der Waals surface area (Å²) in [7, 11) is 0. The highest BCUT2D eigenvalue weighted by atomic mass is 35.5. The number of hydrogen-bond donors (Lipinski definition) is 0. The van der Waals surface area contributed by atoms with Crippen molar-refractivity contribution in [2.45, 2.75) is 19.9 Å². The molecule has 32 heavy (non-hydrogen) atoms. The van der Waals surface area contributed by atoms with Crippen LogP contribution < -0.4 is 4.90 Å². The number of anilines is 1. The van der Waals surface area contributed by atoms with Gasteiger partial charge in [0.15, 0.2) is 5.13 Å². The highest BCUT2D eigenvalue weighted by Gasteiger charge is 2.23. The third-order valence-corrected chi connectivity index (χ3v) is 6.51. The van der Waals surface area contributed by atoms with Gasteiger partial charge in [0.2, 0.25) is 0 Å². The predicted octanol–water partition coefficient (Wildman–Crippen LogP) is 6.11. The molecule has 0 saturated heterocycles. The van der Waals surface area contributed by atoms with Gasteiger partial charge in [0, 0.05) is 31.0 Å². The van der Waals surface area contributed by atoms with Gasteiger partial charge in [-0.15, -0.1) is 12.4 Å². The average molecular weight is 463 g/mol. The normalized spacial score (nSPS) is 10.9. The Bertz CT molecular complexity index is 1360. The summed E-state index contributed by atoms with van der Waals surface area (Å²) < 4.78 is 3.13. The molecule has 2 aromatic heterocycles. The minimum Gasteiger partial charge on any atom is -0.337 e. The zero-order valence-corrected chi connectivity index (χ0v) is 19.3. The molecule has 0 fully saturated rings. The summed E-state index contributed by atoms with van der Waals surface area (Å²) >= 11 is 1.57. The van der Waals surface area contributed by atoms with Crippen molar-refractivity contribution in [2.75, 3.05) is 11.4 Å². The Labute approximate surface area is 196 Å². The van der Waals surface area contributed by atoms with Crippen LogP contribution in [0.15, 0.2) is 79.4 Å². The van der Waals surface area contributed by atoms with E-state index in [4.69, 9.17) is 4.98 Å². The minimum absolute atomic E-state index is 0. The summed E-state index contributed by atoms with van der Waals surface area (Å²) in [6, 6.07) is 20.1. The second-order valence-electron chi connectivity index (χ2n) is 7.56. The van der Waals surface area contributed by atoms with Gasteiger partial charge >= 0.3 is 0 Å². The van der Waals surface area contributed by atoms with Crippen LogP contribution in [0.3, 0.4) is 0 Å². The Kier molecular flexibility index (Phi) is 6.53. The summed E-state index contributed by atoms with van der Waals surface area (Å²) in [4.78, 5) is 24.6. The number of thiazole rings is 1. The SMILES string of the molecule is Cc1cccc2sc(N(CCCn3ccnc3)C(=O)c3cccc4ccccc34)nc12.Cl. The maximum absolute atomic E-state index is 13.8. The summed E-state index contributed by atoms with van der Waals surface area (Å²) in [5.41, 5.74) is 2.79. The zero-order valence-electron chi connectivity index (χ0n) is 17.6. The molecule has 0 radical (unpaired) electrons. The van der Waals surface area contributed by atoms with Crippen molar-refractivity contribution in [2.24, 2.45) is 0 Å². The van der Waals surface area contributed by atoms with E-state index in [9.17, 15) is 4.79 Å².